The molecule has 5 N–H and O–H groups in total. The zero-order valence-electron chi connectivity index (χ0n) is 8.27. The van der Waals surface area contributed by atoms with Crippen molar-refractivity contribution in [2.75, 3.05) is 18.9 Å². The number of sulfonamides is 1. The van der Waals surface area contributed by atoms with E-state index in [9.17, 15) is 8.42 Å². The monoisotopic (exact) mass is 234 g/mol. The van der Waals surface area contributed by atoms with Gasteiger partial charge in [-0.05, 0) is 5.92 Å². The van der Waals surface area contributed by atoms with Crippen molar-refractivity contribution in [2.24, 2.45) is 5.92 Å². The van der Waals surface area contributed by atoms with Crippen LogP contribution >= 0.6 is 0 Å². The van der Waals surface area contributed by atoms with Crippen LogP contribution in [-0.2, 0) is 10.0 Å². The van der Waals surface area contributed by atoms with Gasteiger partial charge in [-0.1, -0.05) is 6.92 Å². The first-order valence-electron chi connectivity index (χ1n) is 4.36. The summed E-state index contributed by atoms with van der Waals surface area (Å²) in [6.07, 6.45) is 1.14. The van der Waals surface area contributed by atoms with E-state index in [4.69, 9.17) is 10.8 Å². The molecule has 8 heteroatoms. The number of aliphatic hydroxyl groups excluding tert-OH is 1. The van der Waals surface area contributed by atoms with Gasteiger partial charge in [0.2, 0.25) is 10.0 Å². The Morgan fingerprint density at radius 3 is 2.87 bits per heavy atom. The minimum absolute atomic E-state index is 0.000786. The third kappa shape index (κ3) is 2.91. The van der Waals surface area contributed by atoms with Gasteiger partial charge in [-0.15, -0.1) is 0 Å². The van der Waals surface area contributed by atoms with Crippen LogP contribution < -0.4 is 10.5 Å². The number of rotatable bonds is 5. The first kappa shape index (κ1) is 12.0. The first-order chi connectivity index (χ1) is 6.97. The largest absolute Gasteiger partial charge is 0.396 e. The summed E-state index contributed by atoms with van der Waals surface area (Å²) in [5.41, 5.74) is 5.38. The molecule has 0 bridgehead atoms. The van der Waals surface area contributed by atoms with E-state index in [1.807, 2.05) is 0 Å². The van der Waals surface area contributed by atoms with Gasteiger partial charge in [0.25, 0.3) is 0 Å². The molecule has 86 valence electrons. The van der Waals surface area contributed by atoms with Crippen LogP contribution in [0.4, 0.5) is 5.82 Å². The predicted octanol–water partition coefficient (Wildman–Crippen LogP) is -1.10. The summed E-state index contributed by atoms with van der Waals surface area (Å²) in [4.78, 5) is -0.0763. The predicted molar refractivity (Wildman–Crippen MR) is 54.4 cm³/mol. The molecule has 1 heterocycles. The molecule has 1 aromatic rings. The van der Waals surface area contributed by atoms with Crippen molar-refractivity contribution in [3.63, 3.8) is 0 Å². The maximum atomic E-state index is 11.6. The number of nitrogens with one attached hydrogen (secondary N) is 2. The molecule has 0 fully saturated rings. The zero-order valence-corrected chi connectivity index (χ0v) is 9.08. The number of aromatic nitrogens is 2. The SMILES string of the molecule is CC(CO)CNS(=O)(=O)c1cn[nH]c1N. The summed E-state index contributed by atoms with van der Waals surface area (Å²) in [7, 11) is -3.63. The van der Waals surface area contributed by atoms with Gasteiger partial charge in [0.05, 0.1) is 6.20 Å². The lowest BCUT2D eigenvalue weighted by Crippen LogP contribution is -2.29. The first-order valence-corrected chi connectivity index (χ1v) is 5.85. The maximum absolute atomic E-state index is 11.6. The minimum atomic E-state index is -3.63. The molecule has 15 heavy (non-hydrogen) atoms. The van der Waals surface area contributed by atoms with Crippen molar-refractivity contribution in [3.05, 3.63) is 6.20 Å². The number of aromatic amines is 1. The van der Waals surface area contributed by atoms with Crippen LogP contribution in [0.2, 0.25) is 0 Å². The lowest BCUT2D eigenvalue weighted by molar-refractivity contribution is 0.238. The number of hydrogen-bond acceptors (Lipinski definition) is 5. The molecule has 7 nitrogen and oxygen atoms in total. The number of H-pyrrole nitrogens is 1. The van der Waals surface area contributed by atoms with E-state index in [2.05, 4.69) is 14.9 Å². The normalized spacial score (nSPS) is 14.0. The molecule has 1 unspecified atom stereocenters. The smallest absolute Gasteiger partial charge is 0.245 e. The van der Waals surface area contributed by atoms with Gasteiger partial charge in [0.1, 0.15) is 10.7 Å². The standard InChI is InChI=1S/C7H14N4O3S/c1-5(4-12)2-10-15(13,14)6-3-9-11-7(6)8/h3,5,10,12H,2,4H2,1H3,(H3,8,9,11). The fraction of sp³-hybridized carbons (Fsp3) is 0.571. The van der Waals surface area contributed by atoms with Crippen molar-refractivity contribution in [1.29, 1.82) is 0 Å². The molecule has 0 aromatic carbocycles. The van der Waals surface area contributed by atoms with E-state index in [1.54, 1.807) is 6.92 Å². The summed E-state index contributed by atoms with van der Waals surface area (Å²) in [5, 5.41) is 14.6. The highest BCUT2D eigenvalue weighted by molar-refractivity contribution is 7.89. The fourth-order valence-electron chi connectivity index (χ4n) is 0.893. The molecule has 0 aliphatic rings. The van der Waals surface area contributed by atoms with E-state index >= 15 is 0 Å². The van der Waals surface area contributed by atoms with Gasteiger partial charge in [-0.2, -0.15) is 5.10 Å². The molecule has 1 rings (SSSR count). The van der Waals surface area contributed by atoms with Crippen LogP contribution in [-0.4, -0.2) is 36.9 Å². The van der Waals surface area contributed by atoms with Gasteiger partial charge < -0.3 is 10.8 Å². The van der Waals surface area contributed by atoms with Crippen molar-refractivity contribution >= 4 is 15.8 Å². The summed E-state index contributed by atoms with van der Waals surface area (Å²) in [5.74, 6) is -0.146. The Hall–Kier alpha value is -1.12. The Bertz CT molecular complexity index is 414. The van der Waals surface area contributed by atoms with Gasteiger partial charge in [-0.25, -0.2) is 13.1 Å². The molecule has 0 amide bonds. The molecular weight excluding hydrogens is 220 g/mol. The highest BCUT2D eigenvalue weighted by Gasteiger charge is 2.19. The minimum Gasteiger partial charge on any atom is -0.396 e. The number of anilines is 1. The summed E-state index contributed by atoms with van der Waals surface area (Å²) < 4.78 is 25.5. The van der Waals surface area contributed by atoms with Crippen LogP contribution in [0, 0.1) is 5.92 Å². The molecule has 0 aliphatic carbocycles. The van der Waals surface area contributed by atoms with Crippen molar-refractivity contribution in [3.8, 4) is 0 Å². The second kappa shape index (κ2) is 4.60. The molecule has 0 aliphatic heterocycles. The van der Waals surface area contributed by atoms with E-state index < -0.39 is 10.0 Å². The summed E-state index contributed by atoms with van der Waals surface area (Å²) >= 11 is 0. The third-order valence-corrected chi connectivity index (χ3v) is 3.31. The van der Waals surface area contributed by atoms with E-state index in [0.29, 0.717) is 0 Å². The Balaban J connectivity index is 2.73. The average molecular weight is 234 g/mol. The van der Waals surface area contributed by atoms with Crippen LogP contribution in [0.3, 0.4) is 0 Å². The molecule has 0 spiro atoms. The van der Waals surface area contributed by atoms with Crippen molar-refractivity contribution in [1.82, 2.24) is 14.9 Å². The fourth-order valence-corrected chi connectivity index (χ4v) is 2.08. The summed E-state index contributed by atoms with van der Waals surface area (Å²) in [6, 6.07) is 0. The number of aliphatic hydroxyl groups is 1. The molecule has 1 atom stereocenters. The Labute approximate surface area is 87.7 Å². The van der Waals surface area contributed by atoms with Crippen LogP contribution in [0.1, 0.15) is 6.92 Å². The van der Waals surface area contributed by atoms with E-state index in [-0.39, 0.29) is 29.8 Å². The molecule has 0 saturated carbocycles. The van der Waals surface area contributed by atoms with Crippen LogP contribution in [0.5, 0.6) is 0 Å². The van der Waals surface area contributed by atoms with Gasteiger partial charge in [0, 0.05) is 13.2 Å². The van der Waals surface area contributed by atoms with Crippen molar-refractivity contribution in [2.45, 2.75) is 11.8 Å². The number of hydrogen-bond donors (Lipinski definition) is 4. The quantitative estimate of drug-likeness (QED) is 0.515. The Morgan fingerprint density at radius 1 is 1.73 bits per heavy atom. The zero-order chi connectivity index (χ0) is 11.5. The van der Waals surface area contributed by atoms with E-state index in [0.717, 1.165) is 6.20 Å². The molecule has 0 saturated heterocycles. The lowest BCUT2D eigenvalue weighted by atomic mass is 10.2. The molecule has 1 aromatic heterocycles. The number of nitrogens with two attached hydrogens (primary N) is 1. The maximum Gasteiger partial charge on any atom is 0.245 e. The van der Waals surface area contributed by atoms with Gasteiger partial charge in [0.15, 0.2) is 0 Å². The van der Waals surface area contributed by atoms with Crippen LogP contribution in [0.15, 0.2) is 11.1 Å². The van der Waals surface area contributed by atoms with Crippen molar-refractivity contribution < 1.29 is 13.5 Å². The highest BCUT2D eigenvalue weighted by Crippen LogP contribution is 2.13. The van der Waals surface area contributed by atoms with E-state index in [1.165, 1.54) is 0 Å². The lowest BCUT2D eigenvalue weighted by Gasteiger charge is -2.09. The van der Waals surface area contributed by atoms with Crippen LogP contribution in [0.25, 0.3) is 0 Å². The average Bonchev–Trinajstić information content (AvgIpc) is 2.61. The Morgan fingerprint density at radius 2 is 2.40 bits per heavy atom. The molecular formula is C7H14N4O3S. The second-order valence-electron chi connectivity index (χ2n) is 3.29. The number of nitrogens with zero attached hydrogens (tertiary/aromatic N) is 1. The topological polar surface area (TPSA) is 121 Å². The molecule has 0 radical (unpaired) electrons. The second-order valence-corrected chi connectivity index (χ2v) is 5.02. The summed E-state index contributed by atoms with van der Waals surface area (Å²) in [6.45, 7) is 1.80. The Kier molecular flexibility index (Phi) is 3.66. The number of nitrogen functional groups attached to an aromatic ring is 1. The van der Waals surface area contributed by atoms with Gasteiger partial charge >= 0.3 is 0 Å². The van der Waals surface area contributed by atoms with Gasteiger partial charge in [-0.3, -0.25) is 5.10 Å². The highest BCUT2D eigenvalue weighted by atomic mass is 32.2. The third-order valence-electron chi connectivity index (χ3n) is 1.86.